The summed E-state index contributed by atoms with van der Waals surface area (Å²) in [6.07, 6.45) is 5.44. The molecule has 3 heterocycles. The molecule has 0 fully saturated rings. The molecule has 0 aliphatic rings. The summed E-state index contributed by atoms with van der Waals surface area (Å²) in [6, 6.07) is 17.4. The van der Waals surface area contributed by atoms with Gasteiger partial charge < -0.3 is 14.3 Å². The van der Waals surface area contributed by atoms with Crippen molar-refractivity contribution in [1.82, 2.24) is 29.1 Å². The average Bonchev–Trinajstić information content (AvgIpc) is 3.50. The van der Waals surface area contributed by atoms with E-state index in [2.05, 4.69) is 54.5 Å². The van der Waals surface area contributed by atoms with Gasteiger partial charge >= 0.3 is 5.69 Å². The predicted molar refractivity (Wildman–Crippen MR) is 159 cm³/mol. The minimum atomic E-state index is -1.12. The minimum absolute atomic E-state index is 0.205. The normalized spacial score (nSPS) is 12.1. The first-order valence-electron chi connectivity index (χ1n) is 13.4. The number of imidazole rings is 2. The van der Waals surface area contributed by atoms with Crippen LogP contribution in [0.5, 0.6) is 0 Å². The van der Waals surface area contributed by atoms with Crippen LogP contribution in [-0.2, 0) is 18.0 Å². The van der Waals surface area contributed by atoms with Crippen LogP contribution in [0.15, 0.2) is 71.9 Å². The van der Waals surface area contributed by atoms with E-state index in [-0.39, 0.29) is 5.69 Å². The first kappa shape index (κ1) is 26.8. The highest BCUT2D eigenvalue weighted by molar-refractivity contribution is 6.76. The fourth-order valence-corrected chi connectivity index (χ4v) is 5.34. The number of hydrogen-bond acceptors (Lipinski definition) is 5. The largest absolute Gasteiger partial charge is 0.361 e. The molecule has 3 aromatic heterocycles. The molecule has 0 saturated heterocycles. The molecule has 0 spiro atoms. The Kier molecular flexibility index (Phi) is 7.63. The Bertz CT molecular complexity index is 1630. The van der Waals surface area contributed by atoms with E-state index in [0.29, 0.717) is 36.2 Å². The van der Waals surface area contributed by atoms with Crippen molar-refractivity contribution >= 4 is 19.2 Å². The molecule has 1 N–H and O–H groups in total. The number of H-pyrrole nitrogens is 1. The number of fused-ring (bicyclic) bond motifs is 1. The Balaban J connectivity index is 1.36. The molecule has 0 saturated carbocycles. The summed E-state index contributed by atoms with van der Waals surface area (Å²) in [5.74, 6) is 1.81. The third-order valence-corrected chi connectivity index (χ3v) is 8.53. The van der Waals surface area contributed by atoms with Gasteiger partial charge in [-0.2, -0.15) is 0 Å². The lowest BCUT2D eigenvalue weighted by Gasteiger charge is -2.16. The number of hydrogen-bond donors (Lipinski definition) is 1. The topological polar surface area (TPSA) is 90.6 Å². The quantitative estimate of drug-likeness (QED) is 0.170. The molecule has 0 radical (unpaired) electrons. The molecule has 0 amide bonds. The van der Waals surface area contributed by atoms with Crippen LogP contribution in [0.25, 0.3) is 33.9 Å². The van der Waals surface area contributed by atoms with E-state index >= 15 is 0 Å². The molecule has 5 rings (SSSR count). The summed E-state index contributed by atoms with van der Waals surface area (Å²) in [5.41, 5.74) is 5.17. The van der Waals surface area contributed by atoms with Gasteiger partial charge in [0.05, 0.1) is 12.7 Å². The summed E-state index contributed by atoms with van der Waals surface area (Å²) in [4.78, 5) is 29.7. The van der Waals surface area contributed by atoms with Crippen molar-refractivity contribution in [3.63, 3.8) is 0 Å². The third kappa shape index (κ3) is 6.10. The van der Waals surface area contributed by atoms with Gasteiger partial charge in [-0.15, -0.1) is 0 Å². The van der Waals surface area contributed by atoms with Crippen LogP contribution >= 0.6 is 0 Å². The molecule has 8 nitrogen and oxygen atoms in total. The lowest BCUT2D eigenvalue weighted by molar-refractivity contribution is 0.0883. The van der Waals surface area contributed by atoms with Crippen LogP contribution in [0.2, 0.25) is 25.7 Å². The number of aromatic nitrogens is 6. The number of rotatable bonds is 10. The van der Waals surface area contributed by atoms with Crippen molar-refractivity contribution in [3.05, 3.63) is 88.7 Å². The van der Waals surface area contributed by atoms with E-state index in [1.165, 1.54) is 5.56 Å². The molecular weight excluding hydrogens is 504 g/mol. The van der Waals surface area contributed by atoms with E-state index in [9.17, 15) is 4.79 Å². The van der Waals surface area contributed by atoms with Crippen LogP contribution in [0.3, 0.4) is 0 Å². The number of nitrogens with one attached hydrogen (secondary N) is 1. The number of benzene rings is 2. The summed E-state index contributed by atoms with van der Waals surface area (Å²) in [6.45, 7) is 13.0. The molecule has 9 heteroatoms. The summed E-state index contributed by atoms with van der Waals surface area (Å²) < 4.78 is 9.62. The average molecular weight is 541 g/mol. The standard InChI is InChI=1S/C30H36N6O2Si/c1-21(2)24-8-6-7-9-25(24)27-32-18-26-29(34-27)36(30(37)33-26)19-22-10-12-23(13-11-22)28-31-14-15-35(28)20-38-16-17-39(3,4)5/h6-15,18,21H,16-17,19-20H2,1-5H3,(H,33,37). The monoisotopic (exact) mass is 540 g/mol. The molecule has 5 aromatic rings. The highest BCUT2D eigenvalue weighted by atomic mass is 28.3. The maximum atomic E-state index is 12.9. The molecule has 39 heavy (non-hydrogen) atoms. The van der Waals surface area contributed by atoms with Crippen molar-refractivity contribution in [2.75, 3.05) is 6.61 Å². The fraction of sp³-hybridized carbons (Fsp3) is 0.333. The van der Waals surface area contributed by atoms with Crippen LogP contribution in [0.1, 0.15) is 30.9 Å². The number of aromatic amines is 1. The second kappa shape index (κ2) is 11.1. The highest BCUT2D eigenvalue weighted by Crippen LogP contribution is 2.27. The van der Waals surface area contributed by atoms with Gasteiger partial charge in [-0.3, -0.25) is 4.57 Å². The summed E-state index contributed by atoms with van der Waals surface area (Å²) >= 11 is 0. The van der Waals surface area contributed by atoms with Gasteiger partial charge in [0, 0.05) is 38.2 Å². The maximum Gasteiger partial charge on any atom is 0.328 e. The van der Waals surface area contributed by atoms with E-state index in [0.717, 1.165) is 35.2 Å². The Morgan fingerprint density at radius 2 is 1.79 bits per heavy atom. The summed E-state index contributed by atoms with van der Waals surface area (Å²) in [5, 5.41) is 0. The van der Waals surface area contributed by atoms with Gasteiger partial charge in [0.15, 0.2) is 11.5 Å². The second-order valence-corrected chi connectivity index (χ2v) is 17.1. The van der Waals surface area contributed by atoms with Crippen molar-refractivity contribution < 1.29 is 4.74 Å². The molecule has 2 aromatic carbocycles. The molecule has 0 unspecified atom stereocenters. The first-order valence-corrected chi connectivity index (χ1v) is 17.1. The Hall–Kier alpha value is -3.82. The van der Waals surface area contributed by atoms with Gasteiger partial charge in [0.1, 0.15) is 18.1 Å². The number of nitrogens with zero attached hydrogens (tertiary/aromatic N) is 5. The van der Waals surface area contributed by atoms with Gasteiger partial charge in [0.25, 0.3) is 0 Å². The smallest absolute Gasteiger partial charge is 0.328 e. The minimum Gasteiger partial charge on any atom is -0.361 e. The lowest BCUT2D eigenvalue weighted by Crippen LogP contribution is -2.22. The van der Waals surface area contributed by atoms with E-state index < -0.39 is 8.07 Å². The maximum absolute atomic E-state index is 12.9. The van der Waals surface area contributed by atoms with Gasteiger partial charge in [-0.1, -0.05) is 82.0 Å². The SMILES string of the molecule is CC(C)c1ccccc1-c1ncc2[nH]c(=O)n(Cc3ccc(-c4nccn4COCC[Si](C)(C)C)cc3)c2n1. The zero-order valence-electron chi connectivity index (χ0n) is 23.3. The Labute approximate surface area is 229 Å². The van der Waals surface area contributed by atoms with Crippen LogP contribution in [0.4, 0.5) is 0 Å². The van der Waals surface area contributed by atoms with Crippen LogP contribution in [0, 0.1) is 0 Å². The van der Waals surface area contributed by atoms with Crippen LogP contribution in [-0.4, -0.2) is 43.8 Å². The van der Waals surface area contributed by atoms with E-state index in [4.69, 9.17) is 9.72 Å². The molecule has 0 aliphatic heterocycles. The molecule has 0 bridgehead atoms. The predicted octanol–water partition coefficient (Wildman–Crippen LogP) is 6.13. The second-order valence-electron chi connectivity index (χ2n) is 11.5. The van der Waals surface area contributed by atoms with Crippen molar-refractivity contribution in [3.8, 4) is 22.8 Å². The molecule has 0 aliphatic carbocycles. The van der Waals surface area contributed by atoms with E-state index in [1.807, 2.05) is 53.2 Å². The van der Waals surface area contributed by atoms with Gasteiger partial charge in [-0.05, 0) is 23.1 Å². The van der Waals surface area contributed by atoms with Gasteiger partial charge in [-0.25, -0.2) is 19.7 Å². The Morgan fingerprint density at radius 1 is 1.03 bits per heavy atom. The van der Waals surface area contributed by atoms with Crippen molar-refractivity contribution in [2.24, 2.45) is 0 Å². The third-order valence-electron chi connectivity index (χ3n) is 6.83. The van der Waals surface area contributed by atoms with Crippen molar-refractivity contribution in [1.29, 1.82) is 0 Å². The van der Waals surface area contributed by atoms with Crippen LogP contribution < -0.4 is 5.69 Å². The zero-order chi connectivity index (χ0) is 27.6. The van der Waals surface area contributed by atoms with Gasteiger partial charge in [0.2, 0.25) is 0 Å². The first-order chi connectivity index (χ1) is 18.7. The molecule has 202 valence electrons. The number of ether oxygens (including phenoxy) is 1. The highest BCUT2D eigenvalue weighted by Gasteiger charge is 2.16. The molecular formula is C30H36N6O2Si. The summed E-state index contributed by atoms with van der Waals surface area (Å²) in [7, 11) is -1.12. The lowest BCUT2D eigenvalue weighted by atomic mass is 9.97. The fourth-order valence-electron chi connectivity index (χ4n) is 4.58. The Morgan fingerprint density at radius 3 is 2.54 bits per heavy atom. The van der Waals surface area contributed by atoms with E-state index in [1.54, 1.807) is 17.0 Å². The zero-order valence-corrected chi connectivity index (χ0v) is 24.3. The van der Waals surface area contributed by atoms with Crippen molar-refractivity contribution in [2.45, 2.75) is 58.7 Å². The molecule has 0 atom stereocenters.